The van der Waals surface area contributed by atoms with E-state index in [0.29, 0.717) is 13.1 Å². The molecule has 144 valence electrons. The Balaban J connectivity index is 1.42. The van der Waals surface area contributed by atoms with E-state index in [1.54, 1.807) is 6.20 Å². The summed E-state index contributed by atoms with van der Waals surface area (Å²) in [5.74, 6) is 0.890. The molecule has 1 N–H and O–H groups in total. The Morgan fingerprint density at radius 2 is 2.11 bits per heavy atom. The number of anilines is 2. The fourth-order valence-corrected chi connectivity index (χ4v) is 3.44. The van der Waals surface area contributed by atoms with Gasteiger partial charge in [-0.15, -0.1) is 0 Å². The first kappa shape index (κ1) is 19.1. The molecule has 3 rings (SSSR count). The Morgan fingerprint density at radius 3 is 2.89 bits per heavy atom. The number of para-hydroxylation sites is 1. The van der Waals surface area contributed by atoms with Crippen molar-refractivity contribution in [3.63, 3.8) is 0 Å². The number of nitrogens with one attached hydrogen (secondary N) is 1. The first-order valence-corrected chi connectivity index (χ1v) is 9.72. The second-order valence-corrected chi connectivity index (χ2v) is 7.18. The second-order valence-electron chi connectivity index (χ2n) is 7.18. The molecule has 6 nitrogen and oxygen atoms in total. The van der Waals surface area contributed by atoms with E-state index in [1.807, 2.05) is 31.2 Å². The minimum Gasteiger partial charge on any atom is -0.375 e. The third-order valence-corrected chi connectivity index (χ3v) is 5.02. The van der Waals surface area contributed by atoms with Crippen molar-refractivity contribution in [3.8, 4) is 0 Å². The first-order chi connectivity index (χ1) is 13.1. The van der Waals surface area contributed by atoms with E-state index in [0.717, 1.165) is 44.0 Å². The summed E-state index contributed by atoms with van der Waals surface area (Å²) >= 11 is 0. The number of hydrogen-bond donors (Lipinski definition) is 1. The molecule has 0 unspecified atom stereocenters. The maximum atomic E-state index is 12.6. The Morgan fingerprint density at radius 1 is 1.30 bits per heavy atom. The number of hydrogen-bond acceptors (Lipinski definition) is 5. The molecule has 1 atom stereocenters. The highest BCUT2D eigenvalue weighted by Crippen LogP contribution is 2.20. The van der Waals surface area contributed by atoms with Gasteiger partial charge in [-0.05, 0) is 44.4 Å². The van der Waals surface area contributed by atoms with Crippen LogP contribution in [0.2, 0.25) is 0 Å². The lowest BCUT2D eigenvalue weighted by Crippen LogP contribution is -2.44. The Bertz CT molecular complexity index is 736. The average molecular weight is 367 g/mol. The topological polar surface area (TPSA) is 61.4 Å². The molecule has 1 saturated heterocycles. The third-order valence-electron chi connectivity index (χ3n) is 5.02. The molecule has 0 bridgehead atoms. The summed E-state index contributed by atoms with van der Waals surface area (Å²) in [7, 11) is 2.08. The zero-order valence-corrected chi connectivity index (χ0v) is 16.3. The van der Waals surface area contributed by atoms with Gasteiger partial charge in [-0.25, -0.2) is 9.97 Å². The fourth-order valence-electron chi connectivity index (χ4n) is 3.44. The maximum absolute atomic E-state index is 12.6. The van der Waals surface area contributed by atoms with Gasteiger partial charge in [0.2, 0.25) is 11.9 Å². The number of carbonyl (C=O) groups is 1. The van der Waals surface area contributed by atoms with Crippen molar-refractivity contribution in [2.45, 2.75) is 26.2 Å². The molecule has 1 aromatic carbocycles. The van der Waals surface area contributed by atoms with E-state index in [4.69, 9.17) is 0 Å². The number of carbonyl (C=O) groups excluding carboxylic acids is 1. The second kappa shape index (κ2) is 9.35. The summed E-state index contributed by atoms with van der Waals surface area (Å²) < 4.78 is 0. The minimum atomic E-state index is 0.00900. The Hall–Kier alpha value is -2.63. The van der Waals surface area contributed by atoms with Crippen molar-refractivity contribution >= 4 is 17.5 Å². The molecule has 27 heavy (non-hydrogen) atoms. The Kier molecular flexibility index (Phi) is 6.63. The van der Waals surface area contributed by atoms with Gasteiger partial charge in [-0.1, -0.05) is 18.2 Å². The van der Waals surface area contributed by atoms with Crippen LogP contribution in [0.1, 0.15) is 25.0 Å². The quantitative estimate of drug-likeness (QED) is 0.763. The van der Waals surface area contributed by atoms with Crippen LogP contribution in [0.5, 0.6) is 0 Å². The van der Waals surface area contributed by atoms with Crippen LogP contribution in [0.25, 0.3) is 0 Å². The van der Waals surface area contributed by atoms with E-state index in [-0.39, 0.29) is 11.8 Å². The van der Waals surface area contributed by atoms with E-state index >= 15 is 0 Å². The lowest BCUT2D eigenvalue weighted by Gasteiger charge is -2.32. The first-order valence-electron chi connectivity index (χ1n) is 9.72. The van der Waals surface area contributed by atoms with E-state index < -0.39 is 0 Å². The van der Waals surface area contributed by atoms with Crippen molar-refractivity contribution in [1.29, 1.82) is 0 Å². The van der Waals surface area contributed by atoms with Crippen LogP contribution in [0.15, 0.2) is 42.6 Å². The number of benzene rings is 1. The van der Waals surface area contributed by atoms with E-state index in [1.165, 1.54) is 5.69 Å². The molecule has 0 radical (unpaired) electrons. The van der Waals surface area contributed by atoms with Crippen LogP contribution in [0, 0.1) is 12.8 Å². The standard InChI is InChI=1S/C21H29N5O/c1-17-11-13-23-21(24-17)26-15-6-8-18(16-26)20(27)22-12-7-14-25(2)19-9-4-3-5-10-19/h3-5,9-11,13,18H,6-8,12,14-16H2,1-2H3,(H,22,27)/t18-/m1/s1. The number of aromatic nitrogens is 2. The van der Waals surface area contributed by atoms with Gasteiger partial charge >= 0.3 is 0 Å². The molecule has 6 heteroatoms. The van der Waals surface area contributed by atoms with Crippen LogP contribution < -0.4 is 15.1 Å². The fraction of sp³-hybridized carbons (Fsp3) is 0.476. The predicted octanol–water partition coefficient (Wildman–Crippen LogP) is 2.64. The van der Waals surface area contributed by atoms with Crippen molar-refractivity contribution in [3.05, 3.63) is 48.3 Å². The predicted molar refractivity (Wildman–Crippen MR) is 109 cm³/mol. The van der Waals surface area contributed by atoms with Gasteiger partial charge in [-0.3, -0.25) is 4.79 Å². The normalized spacial score (nSPS) is 16.8. The molecule has 2 aromatic rings. The molecule has 1 fully saturated rings. The van der Waals surface area contributed by atoms with Gasteiger partial charge < -0.3 is 15.1 Å². The SMILES string of the molecule is Cc1ccnc(N2CCC[C@@H](C(=O)NCCCN(C)c3ccccc3)C2)n1. The smallest absolute Gasteiger partial charge is 0.225 e. The monoisotopic (exact) mass is 367 g/mol. The van der Waals surface area contributed by atoms with Gasteiger partial charge in [-0.2, -0.15) is 0 Å². The average Bonchev–Trinajstić information content (AvgIpc) is 2.71. The van der Waals surface area contributed by atoms with Crippen LogP contribution in [-0.2, 0) is 4.79 Å². The molecular weight excluding hydrogens is 338 g/mol. The van der Waals surface area contributed by atoms with Crippen molar-refractivity contribution in [1.82, 2.24) is 15.3 Å². The van der Waals surface area contributed by atoms with Gasteiger partial charge in [0.25, 0.3) is 0 Å². The molecule has 0 spiro atoms. The lowest BCUT2D eigenvalue weighted by atomic mass is 9.97. The molecule has 2 heterocycles. The van der Waals surface area contributed by atoms with E-state index in [9.17, 15) is 4.79 Å². The summed E-state index contributed by atoms with van der Waals surface area (Å²) in [5.41, 5.74) is 2.15. The third kappa shape index (κ3) is 5.42. The summed E-state index contributed by atoms with van der Waals surface area (Å²) in [5, 5.41) is 3.11. The minimum absolute atomic E-state index is 0.00900. The molecule has 1 aliphatic heterocycles. The van der Waals surface area contributed by atoms with Crippen molar-refractivity contribution < 1.29 is 4.79 Å². The van der Waals surface area contributed by atoms with Crippen LogP contribution in [0.3, 0.4) is 0 Å². The highest BCUT2D eigenvalue weighted by molar-refractivity contribution is 5.79. The number of nitrogens with zero attached hydrogens (tertiary/aromatic N) is 4. The number of aryl methyl sites for hydroxylation is 1. The molecule has 0 aliphatic carbocycles. The molecular formula is C21H29N5O. The zero-order valence-electron chi connectivity index (χ0n) is 16.3. The van der Waals surface area contributed by atoms with Gasteiger partial charge in [0.15, 0.2) is 0 Å². The number of rotatable bonds is 7. The van der Waals surface area contributed by atoms with Crippen LogP contribution in [-0.4, -0.2) is 49.1 Å². The number of piperidine rings is 1. The molecule has 1 amide bonds. The van der Waals surface area contributed by atoms with Crippen LogP contribution in [0.4, 0.5) is 11.6 Å². The van der Waals surface area contributed by atoms with Crippen LogP contribution >= 0.6 is 0 Å². The summed E-state index contributed by atoms with van der Waals surface area (Å²) in [6.45, 7) is 5.19. The Labute approximate surface area is 161 Å². The highest BCUT2D eigenvalue weighted by Gasteiger charge is 2.26. The highest BCUT2D eigenvalue weighted by atomic mass is 16.1. The van der Waals surface area contributed by atoms with Gasteiger partial charge in [0.05, 0.1) is 5.92 Å². The largest absolute Gasteiger partial charge is 0.375 e. The molecule has 0 saturated carbocycles. The van der Waals surface area contributed by atoms with Crippen molar-refractivity contribution in [2.24, 2.45) is 5.92 Å². The summed E-state index contributed by atoms with van der Waals surface area (Å²) in [4.78, 5) is 25.8. The maximum Gasteiger partial charge on any atom is 0.225 e. The van der Waals surface area contributed by atoms with Crippen molar-refractivity contribution in [2.75, 3.05) is 43.0 Å². The summed E-state index contributed by atoms with van der Waals surface area (Å²) in [6.07, 6.45) is 4.63. The van der Waals surface area contributed by atoms with E-state index in [2.05, 4.69) is 44.3 Å². The number of amides is 1. The van der Waals surface area contributed by atoms with Gasteiger partial charge in [0, 0.05) is 50.8 Å². The molecule has 1 aromatic heterocycles. The lowest BCUT2D eigenvalue weighted by molar-refractivity contribution is -0.125. The summed E-state index contributed by atoms with van der Waals surface area (Å²) in [6, 6.07) is 12.2. The molecule has 1 aliphatic rings. The van der Waals surface area contributed by atoms with Gasteiger partial charge in [0.1, 0.15) is 0 Å². The zero-order chi connectivity index (χ0) is 19.1.